The van der Waals surface area contributed by atoms with Crippen LogP contribution < -0.4 is 18.9 Å². The van der Waals surface area contributed by atoms with Crippen molar-refractivity contribution in [2.24, 2.45) is 0 Å². The van der Waals surface area contributed by atoms with Gasteiger partial charge in [0.15, 0.2) is 23.1 Å². The molecule has 0 unspecified atom stereocenters. The summed E-state index contributed by atoms with van der Waals surface area (Å²) in [4.78, 5) is 22.2. The molecule has 0 amide bonds. The zero-order chi connectivity index (χ0) is 20.7. The molecular formula is C18H14Cl2F2O6. The van der Waals surface area contributed by atoms with Crippen LogP contribution in [0.25, 0.3) is 0 Å². The number of esters is 2. The van der Waals surface area contributed by atoms with Crippen molar-refractivity contribution in [1.82, 2.24) is 0 Å². The zero-order valence-corrected chi connectivity index (χ0v) is 15.9. The smallest absolute Gasteiger partial charge is 0.326 e. The van der Waals surface area contributed by atoms with E-state index in [-0.39, 0.29) is 23.0 Å². The van der Waals surface area contributed by atoms with Crippen LogP contribution in [0.1, 0.15) is 6.92 Å². The molecule has 0 atom stereocenters. The average Bonchev–Trinajstić information content (AvgIpc) is 2.65. The predicted molar refractivity (Wildman–Crippen MR) is 96.2 cm³/mol. The Bertz CT molecular complexity index is 792. The molecular weight excluding hydrogens is 421 g/mol. The highest BCUT2D eigenvalue weighted by molar-refractivity contribution is 6.26. The van der Waals surface area contributed by atoms with Gasteiger partial charge in [-0.3, -0.25) is 9.59 Å². The van der Waals surface area contributed by atoms with E-state index >= 15 is 0 Å². The van der Waals surface area contributed by atoms with Crippen LogP contribution in [0.5, 0.6) is 23.0 Å². The van der Waals surface area contributed by atoms with Crippen molar-refractivity contribution < 1.29 is 37.3 Å². The molecule has 0 aliphatic heterocycles. The molecule has 0 saturated heterocycles. The Balaban J connectivity index is 1.99. The lowest BCUT2D eigenvalue weighted by atomic mass is 10.3. The summed E-state index contributed by atoms with van der Waals surface area (Å²) in [7, 11) is 0. The van der Waals surface area contributed by atoms with E-state index in [4.69, 9.17) is 42.1 Å². The molecule has 150 valence electrons. The Hall–Kier alpha value is -2.58. The lowest BCUT2D eigenvalue weighted by molar-refractivity contribution is -0.132. The molecule has 0 spiro atoms. The summed E-state index contributed by atoms with van der Waals surface area (Å²) in [5, 5.41) is 0. The van der Waals surface area contributed by atoms with Gasteiger partial charge in [0.05, 0.1) is 0 Å². The topological polar surface area (TPSA) is 71.1 Å². The second-order valence-corrected chi connectivity index (χ2v) is 5.74. The first kappa shape index (κ1) is 21.7. The van der Waals surface area contributed by atoms with Gasteiger partial charge in [-0.2, -0.15) is 0 Å². The van der Waals surface area contributed by atoms with Crippen molar-refractivity contribution in [1.29, 1.82) is 0 Å². The van der Waals surface area contributed by atoms with Gasteiger partial charge in [0.25, 0.3) is 0 Å². The van der Waals surface area contributed by atoms with E-state index in [2.05, 4.69) is 0 Å². The summed E-state index contributed by atoms with van der Waals surface area (Å²) in [6.07, 6.45) is -0.925. The van der Waals surface area contributed by atoms with Crippen LogP contribution in [0.2, 0.25) is 0 Å². The van der Waals surface area contributed by atoms with Crippen LogP contribution in [0.3, 0.4) is 0 Å². The summed E-state index contributed by atoms with van der Waals surface area (Å²) >= 11 is 10.6. The van der Waals surface area contributed by atoms with Crippen LogP contribution >= 0.6 is 23.2 Å². The average molecular weight is 435 g/mol. The summed E-state index contributed by atoms with van der Waals surface area (Å²) in [5.41, 5.74) is 0. The van der Waals surface area contributed by atoms with Crippen LogP contribution in [0, 0.1) is 11.6 Å². The Morgan fingerprint density at radius 3 is 1.57 bits per heavy atom. The van der Waals surface area contributed by atoms with Crippen molar-refractivity contribution in [2.75, 3.05) is 11.8 Å². The lowest BCUT2D eigenvalue weighted by Crippen LogP contribution is -2.20. The summed E-state index contributed by atoms with van der Waals surface area (Å²) < 4.78 is 48.0. The number of halogens is 4. The van der Waals surface area contributed by atoms with E-state index in [9.17, 15) is 18.4 Å². The molecule has 0 aliphatic carbocycles. The van der Waals surface area contributed by atoms with E-state index in [1.54, 1.807) is 0 Å². The highest BCUT2D eigenvalue weighted by atomic mass is 35.5. The molecule has 0 aromatic heterocycles. The standard InChI is InChI=1S/C18H14Cl2F2O6/c1-10(25-11-2-4-15(13(21)6-11)27-17(23)8-19)26-12-3-5-16(14(22)7-12)28-18(24)9-20/h2-7,10H,8-9H2,1H3. The molecule has 0 radical (unpaired) electrons. The molecule has 2 aromatic carbocycles. The SMILES string of the molecule is CC(Oc1ccc(OC(=O)CCl)c(F)c1)Oc1ccc(OC(=O)CCl)c(F)c1. The number of carbonyl (C=O) groups excluding carboxylic acids is 2. The molecule has 28 heavy (non-hydrogen) atoms. The molecule has 2 aromatic rings. The van der Waals surface area contributed by atoms with Crippen molar-refractivity contribution in [2.45, 2.75) is 13.2 Å². The molecule has 0 bridgehead atoms. The van der Waals surface area contributed by atoms with E-state index < -0.39 is 41.6 Å². The minimum atomic E-state index is -0.925. The normalized spacial score (nSPS) is 10.5. The van der Waals surface area contributed by atoms with Crippen molar-refractivity contribution in [3.8, 4) is 23.0 Å². The van der Waals surface area contributed by atoms with Crippen LogP contribution in [-0.2, 0) is 9.59 Å². The third kappa shape index (κ3) is 6.24. The van der Waals surface area contributed by atoms with Gasteiger partial charge in [-0.25, -0.2) is 8.78 Å². The summed E-state index contributed by atoms with van der Waals surface area (Å²) in [5.74, 6) is -4.51. The van der Waals surface area contributed by atoms with Crippen LogP contribution in [-0.4, -0.2) is 30.0 Å². The molecule has 0 heterocycles. The molecule has 6 nitrogen and oxygen atoms in total. The van der Waals surface area contributed by atoms with Crippen LogP contribution in [0.4, 0.5) is 8.78 Å². The van der Waals surface area contributed by atoms with E-state index in [0.717, 1.165) is 12.1 Å². The minimum Gasteiger partial charge on any atom is -0.455 e. The van der Waals surface area contributed by atoms with Gasteiger partial charge in [-0.15, -0.1) is 23.2 Å². The fourth-order valence-corrected chi connectivity index (χ4v) is 2.09. The number of carbonyl (C=O) groups is 2. The lowest BCUT2D eigenvalue weighted by Gasteiger charge is -2.17. The Morgan fingerprint density at radius 1 is 0.857 bits per heavy atom. The van der Waals surface area contributed by atoms with Crippen LogP contribution in [0.15, 0.2) is 36.4 Å². The van der Waals surface area contributed by atoms with Gasteiger partial charge in [0.2, 0.25) is 6.29 Å². The minimum absolute atomic E-state index is 0.0869. The Kier molecular flexibility index (Phi) is 7.83. The summed E-state index contributed by atoms with van der Waals surface area (Å²) in [6.45, 7) is 1.50. The maximum absolute atomic E-state index is 13.9. The van der Waals surface area contributed by atoms with Crippen molar-refractivity contribution >= 4 is 35.1 Å². The Labute approximate surface area is 168 Å². The number of alkyl halides is 2. The third-order valence-electron chi connectivity index (χ3n) is 3.08. The first-order chi connectivity index (χ1) is 13.3. The molecule has 0 saturated carbocycles. The molecule has 2 rings (SSSR count). The highest BCUT2D eigenvalue weighted by Crippen LogP contribution is 2.26. The van der Waals surface area contributed by atoms with Crippen molar-refractivity contribution in [3.63, 3.8) is 0 Å². The summed E-state index contributed by atoms with van der Waals surface area (Å²) in [6, 6.07) is 7.09. The van der Waals surface area contributed by atoms with Gasteiger partial charge in [0.1, 0.15) is 23.3 Å². The van der Waals surface area contributed by atoms with Gasteiger partial charge >= 0.3 is 11.9 Å². The maximum Gasteiger partial charge on any atom is 0.326 e. The largest absolute Gasteiger partial charge is 0.455 e. The van der Waals surface area contributed by atoms with Gasteiger partial charge in [-0.1, -0.05) is 0 Å². The first-order valence-electron chi connectivity index (χ1n) is 7.78. The molecule has 0 aliphatic rings. The highest BCUT2D eigenvalue weighted by Gasteiger charge is 2.14. The fraction of sp³-hybridized carbons (Fsp3) is 0.222. The second-order valence-electron chi connectivity index (χ2n) is 5.20. The van der Waals surface area contributed by atoms with Gasteiger partial charge in [0, 0.05) is 19.1 Å². The van der Waals surface area contributed by atoms with Gasteiger partial charge < -0.3 is 18.9 Å². The van der Waals surface area contributed by atoms with E-state index in [1.807, 2.05) is 0 Å². The number of benzene rings is 2. The van der Waals surface area contributed by atoms with E-state index in [0.29, 0.717) is 0 Å². The number of ether oxygens (including phenoxy) is 4. The quantitative estimate of drug-likeness (QED) is 0.270. The predicted octanol–water partition coefficient (Wildman–Crippen LogP) is 4.06. The van der Waals surface area contributed by atoms with Crippen molar-refractivity contribution in [3.05, 3.63) is 48.0 Å². The number of hydrogen-bond donors (Lipinski definition) is 0. The fourth-order valence-electron chi connectivity index (χ4n) is 1.98. The zero-order valence-electron chi connectivity index (χ0n) is 14.4. The second kappa shape index (κ2) is 10.1. The molecule has 10 heteroatoms. The third-order valence-corrected chi connectivity index (χ3v) is 3.51. The molecule has 0 fully saturated rings. The molecule has 0 N–H and O–H groups in total. The van der Waals surface area contributed by atoms with E-state index in [1.165, 1.54) is 31.2 Å². The number of rotatable bonds is 8. The number of hydrogen-bond acceptors (Lipinski definition) is 6. The maximum atomic E-state index is 13.9. The first-order valence-corrected chi connectivity index (χ1v) is 8.85. The Morgan fingerprint density at radius 2 is 1.25 bits per heavy atom. The van der Waals surface area contributed by atoms with Gasteiger partial charge in [-0.05, 0) is 24.3 Å². The monoisotopic (exact) mass is 434 g/mol.